The smallest absolute Gasteiger partial charge is 0.150 e. The lowest BCUT2D eigenvalue weighted by Crippen LogP contribution is -1.93. The van der Waals surface area contributed by atoms with E-state index in [9.17, 15) is 4.79 Å². The quantitative estimate of drug-likeness (QED) is 0.764. The van der Waals surface area contributed by atoms with Crippen molar-refractivity contribution in [1.29, 1.82) is 0 Å². The lowest BCUT2D eigenvalue weighted by Gasteiger charge is -2.06. The fourth-order valence-electron chi connectivity index (χ4n) is 1.67. The number of hydrogen-bond acceptors (Lipinski definition) is 3. The summed E-state index contributed by atoms with van der Waals surface area (Å²) in [5.74, 6) is 0.748. The Morgan fingerprint density at radius 2 is 2.12 bits per heavy atom. The Bertz CT molecular complexity index is 529. The highest BCUT2D eigenvalue weighted by atomic mass is 32.1. The summed E-state index contributed by atoms with van der Waals surface area (Å²) in [6.07, 6.45) is 0.854. The molecule has 2 aromatic rings. The number of carbonyl (C=O) groups is 1. The van der Waals surface area contributed by atoms with Crippen LogP contribution >= 0.6 is 11.3 Å². The predicted molar refractivity (Wildman–Crippen MR) is 71.0 cm³/mol. The van der Waals surface area contributed by atoms with E-state index in [2.05, 4.69) is 19.1 Å². The molecule has 0 saturated carbocycles. The van der Waals surface area contributed by atoms with Crippen LogP contribution in [0.15, 0.2) is 30.3 Å². The summed E-state index contributed by atoms with van der Waals surface area (Å²) < 4.78 is 5.46. The van der Waals surface area contributed by atoms with E-state index in [4.69, 9.17) is 4.74 Å². The van der Waals surface area contributed by atoms with Gasteiger partial charge in [-0.3, -0.25) is 4.79 Å². The number of aldehydes is 1. The Morgan fingerprint density at radius 1 is 1.29 bits per heavy atom. The zero-order valence-electron chi connectivity index (χ0n) is 9.90. The SMILES string of the molecule is CCOc1cc(C=O)cc(-c2ccc(C)s2)c1. The van der Waals surface area contributed by atoms with E-state index in [1.54, 1.807) is 17.4 Å². The van der Waals surface area contributed by atoms with Crippen LogP contribution in [0.25, 0.3) is 10.4 Å². The van der Waals surface area contributed by atoms with Gasteiger partial charge in [0.1, 0.15) is 12.0 Å². The van der Waals surface area contributed by atoms with Crippen molar-refractivity contribution in [3.05, 3.63) is 40.8 Å². The highest BCUT2D eigenvalue weighted by Crippen LogP contribution is 2.31. The van der Waals surface area contributed by atoms with Crippen molar-refractivity contribution in [2.45, 2.75) is 13.8 Å². The Hall–Kier alpha value is -1.61. The lowest BCUT2D eigenvalue weighted by atomic mass is 10.1. The first kappa shape index (κ1) is 11.9. The van der Waals surface area contributed by atoms with Crippen LogP contribution in [0.3, 0.4) is 0 Å². The summed E-state index contributed by atoms with van der Waals surface area (Å²) in [7, 11) is 0. The van der Waals surface area contributed by atoms with Gasteiger partial charge in [0, 0.05) is 15.3 Å². The van der Waals surface area contributed by atoms with Crippen LogP contribution in [0.1, 0.15) is 22.2 Å². The van der Waals surface area contributed by atoms with Gasteiger partial charge in [-0.25, -0.2) is 0 Å². The summed E-state index contributed by atoms with van der Waals surface area (Å²) in [6.45, 7) is 4.61. The van der Waals surface area contributed by atoms with Crippen molar-refractivity contribution in [3.8, 4) is 16.2 Å². The van der Waals surface area contributed by atoms with Crippen molar-refractivity contribution in [3.63, 3.8) is 0 Å². The number of rotatable bonds is 4. The molecule has 3 heteroatoms. The molecule has 0 fully saturated rings. The molecule has 1 aromatic heterocycles. The molecule has 0 saturated heterocycles. The largest absolute Gasteiger partial charge is 0.494 e. The summed E-state index contributed by atoms with van der Waals surface area (Å²) in [5, 5.41) is 0. The molecule has 88 valence electrons. The Balaban J connectivity index is 2.45. The molecule has 2 rings (SSSR count). The van der Waals surface area contributed by atoms with Gasteiger partial charge in [0.05, 0.1) is 6.61 Å². The maximum absolute atomic E-state index is 10.9. The minimum absolute atomic E-state index is 0.602. The molecule has 0 radical (unpaired) electrons. The zero-order valence-corrected chi connectivity index (χ0v) is 10.7. The molecule has 0 aliphatic heterocycles. The first-order valence-corrected chi connectivity index (χ1v) is 6.34. The first-order valence-electron chi connectivity index (χ1n) is 5.53. The maximum Gasteiger partial charge on any atom is 0.150 e. The van der Waals surface area contributed by atoms with Gasteiger partial charge >= 0.3 is 0 Å². The highest BCUT2D eigenvalue weighted by Gasteiger charge is 2.05. The van der Waals surface area contributed by atoms with Crippen LogP contribution in [0.4, 0.5) is 0 Å². The van der Waals surface area contributed by atoms with Crippen molar-refractivity contribution in [2.24, 2.45) is 0 Å². The molecule has 0 aliphatic rings. The Kier molecular flexibility index (Phi) is 3.59. The van der Waals surface area contributed by atoms with Gasteiger partial charge in [-0.1, -0.05) is 0 Å². The highest BCUT2D eigenvalue weighted by molar-refractivity contribution is 7.15. The molecule has 1 heterocycles. The van der Waals surface area contributed by atoms with E-state index >= 15 is 0 Å². The van der Waals surface area contributed by atoms with E-state index in [1.165, 1.54) is 4.88 Å². The van der Waals surface area contributed by atoms with Crippen LogP contribution in [0.5, 0.6) is 5.75 Å². The normalized spacial score (nSPS) is 10.2. The molecule has 0 atom stereocenters. The average Bonchev–Trinajstić information content (AvgIpc) is 2.76. The molecule has 0 N–H and O–H groups in total. The summed E-state index contributed by atoms with van der Waals surface area (Å²) in [5.41, 5.74) is 1.69. The fraction of sp³-hybridized carbons (Fsp3) is 0.214. The van der Waals surface area contributed by atoms with Gasteiger partial charge in [-0.2, -0.15) is 0 Å². The molecular weight excluding hydrogens is 232 g/mol. The number of ether oxygens (including phenoxy) is 1. The van der Waals surface area contributed by atoms with Crippen LogP contribution in [-0.2, 0) is 0 Å². The van der Waals surface area contributed by atoms with Gasteiger partial charge in [-0.05, 0) is 49.7 Å². The van der Waals surface area contributed by atoms with Gasteiger partial charge in [0.15, 0.2) is 0 Å². The van der Waals surface area contributed by atoms with Gasteiger partial charge in [-0.15, -0.1) is 11.3 Å². The van der Waals surface area contributed by atoms with E-state index in [-0.39, 0.29) is 0 Å². The third-order valence-electron chi connectivity index (χ3n) is 2.40. The van der Waals surface area contributed by atoms with E-state index in [0.29, 0.717) is 12.2 Å². The second-order valence-corrected chi connectivity index (χ2v) is 5.04. The maximum atomic E-state index is 10.9. The van der Waals surface area contributed by atoms with Crippen LogP contribution in [-0.4, -0.2) is 12.9 Å². The molecule has 0 amide bonds. The van der Waals surface area contributed by atoms with Gasteiger partial charge in [0.2, 0.25) is 0 Å². The van der Waals surface area contributed by atoms with E-state index < -0.39 is 0 Å². The molecule has 0 bridgehead atoms. The second-order valence-electron chi connectivity index (χ2n) is 3.75. The van der Waals surface area contributed by atoms with Crippen LogP contribution < -0.4 is 4.74 Å². The summed E-state index contributed by atoms with van der Waals surface area (Å²) >= 11 is 1.72. The van der Waals surface area contributed by atoms with E-state index in [1.807, 2.05) is 19.1 Å². The molecule has 0 aliphatic carbocycles. The first-order chi connectivity index (χ1) is 8.22. The standard InChI is InChI=1S/C14H14O2S/c1-3-16-13-7-11(9-15)6-12(8-13)14-5-4-10(2)17-14/h4-9H,3H2,1-2H3. The Labute approximate surface area is 105 Å². The van der Waals surface area contributed by atoms with Crippen molar-refractivity contribution >= 4 is 17.6 Å². The number of hydrogen-bond donors (Lipinski definition) is 0. The number of aryl methyl sites for hydroxylation is 1. The van der Waals surface area contributed by atoms with Crippen LogP contribution in [0, 0.1) is 6.92 Å². The van der Waals surface area contributed by atoms with E-state index in [0.717, 1.165) is 22.5 Å². The van der Waals surface area contributed by atoms with Gasteiger partial charge in [0.25, 0.3) is 0 Å². The molecule has 0 unspecified atom stereocenters. The molecule has 17 heavy (non-hydrogen) atoms. The zero-order chi connectivity index (χ0) is 12.3. The van der Waals surface area contributed by atoms with Crippen molar-refractivity contribution < 1.29 is 9.53 Å². The molecule has 2 nitrogen and oxygen atoms in total. The third-order valence-corrected chi connectivity index (χ3v) is 3.45. The van der Waals surface area contributed by atoms with Crippen molar-refractivity contribution in [2.75, 3.05) is 6.61 Å². The minimum Gasteiger partial charge on any atom is -0.494 e. The average molecular weight is 246 g/mol. The van der Waals surface area contributed by atoms with Gasteiger partial charge < -0.3 is 4.74 Å². The summed E-state index contributed by atoms with van der Waals surface area (Å²) in [4.78, 5) is 13.3. The minimum atomic E-state index is 0.602. The lowest BCUT2D eigenvalue weighted by molar-refractivity contribution is 0.112. The predicted octanol–water partition coefficient (Wildman–Crippen LogP) is 3.93. The van der Waals surface area contributed by atoms with Crippen molar-refractivity contribution in [1.82, 2.24) is 0 Å². The number of benzene rings is 1. The molecule has 1 aromatic carbocycles. The second kappa shape index (κ2) is 5.15. The summed E-state index contributed by atoms with van der Waals surface area (Å²) in [6, 6.07) is 9.77. The monoisotopic (exact) mass is 246 g/mol. The fourth-order valence-corrected chi connectivity index (χ4v) is 2.53. The van der Waals surface area contributed by atoms with Crippen LogP contribution in [0.2, 0.25) is 0 Å². The molecule has 0 spiro atoms. The third kappa shape index (κ3) is 2.74. The topological polar surface area (TPSA) is 26.3 Å². The molecular formula is C14H14O2S. The Morgan fingerprint density at radius 3 is 2.71 bits per heavy atom. The number of thiophene rings is 1. The number of carbonyl (C=O) groups excluding carboxylic acids is 1.